The maximum atomic E-state index is 13.3. The summed E-state index contributed by atoms with van der Waals surface area (Å²) in [4.78, 5) is 0. The Kier molecular flexibility index (Phi) is 3.02. The second-order valence-corrected chi connectivity index (χ2v) is 5.34. The molecule has 0 saturated heterocycles. The Bertz CT molecular complexity index is 384. The van der Waals surface area contributed by atoms with Crippen molar-refractivity contribution in [2.24, 2.45) is 11.7 Å². The van der Waals surface area contributed by atoms with Crippen molar-refractivity contribution in [3.05, 3.63) is 35.1 Å². The van der Waals surface area contributed by atoms with Crippen molar-refractivity contribution < 1.29 is 4.39 Å². The molecular weight excluding hydrogens is 201 g/mol. The summed E-state index contributed by atoms with van der Waals surface area (Å²) in [5, 5.41) is 0. The van der Waals surface area contributed by atoms with Gasteiger partial charge in [0.05, 0.1) is 0 Å². The van der Waals surface area contributed by atoms with E-state index in [2.05, 4.69) is 13.8 Å². The summed E-state index contributed by atoms with van der Waals surface area (Å²) < 4.78 is 13.3. The molecule has 0 spiro atoms. The molecule has 1 unspecified atom stereocenters. The molecule has 1 aromatic rings. The number of nitrogens with two attached hydrogens (primary N) is 1. The van der Waals surface area contributed by atoms with Crippen LogP contribution in [0.3, 0.4) is 0 Å². The molecule has 1 atom stereocenters. The largest absolute Gasteiger partial charge is 0.330 e. The highest BCUT2D eigenvalue weighted by molar-refractivity contribution is 5.37. The highest BCUT2D eigenvalue weighted by Gasteiger charge is 2.35. The molecule has 16 heavy (non-hydrogen) atoms. The number of benzene rings is 1. The number of rotatable bonds is 2. The van der Waals surface area contributed by atoms with Gasteiger partial charge in [-0.15, -0.1) is 0 Å². The monoisotopic (exact) mass is 221 g/mol. The molecule has 0 fully saturated rings. The van der Waals surface area contributed by atoms with Gasteiger partial charge in [0.25, 0.3) is 0 Å². The van der Waals surface area contributed by atoms with Crippen LogP contribution in [0.1, 0.15) is 37.8 Å². The van der Waals surface area contributed by atoms with Crippen LogP contribution in [-0.4, -0.2) is 6.54 Å². The standard InChI is InChI=1S/C14H20FN/c1-14(2)11(7-8-16)5-3-10-4-6-12(15)9-13(10)14/h4,6,9,11H,3,5,7-8,16H2,1-2H3. The van der Waals surface area contributed by atoms with E-state index in [0.717, 1.165) is 19.4 Å². The molecule has 88 valence electrons. The van der Waals surface area contributed by atoms with Gasteiger partial charge in [-0.2, -0.15) is 0 Å². The van der Waals surface area contributed by atoms with Crippen LogP contribution in [0, 0.1) is 11.7 Å². The van der Waals surface area contributed by atoms with Crippen LogP contribution in [0.15, 0.2) is 18.2 Å². The molecule has 1 aromatic carbocycles. The minimum atomic E-state index is -0.125. The minimum absolute atomic E-state index is 0.0506. The number of aryl methyl sites for hydroxylation is 1. The van der Waals surface area contributed by atoms with E-state index in [0.29, 0.717) is 5.92 Å². The zero-order valence-corrected chi connectivity index (χ0v) is 10.1. The number of fused-ring (bicyclic) bond motifs is 1. The molecule has 2 heteroatoms. The van der Waals surface area contributed by atoms with Crippen molar-refractivity contribution in [1.29, 1.82) is 0 Å². The summed E-state index contributed by atoms with van der Waals surface area (Å²) in [7, 11) is 0. The van der Waals surface area contributed by atoms with Crippen molar-refractivity contribution >= 4 is 0 Å². The van der Waals surface area contributed by atoms with E-state index in [9.17, 15) is 4.39 Å². The van der Waals surface area contributed by atoms with Crippen molar-refractivity contribution in [2.75, 3.05) is 6.54 Å². The molecule has 0 amide bonds. The molecule has 0 saturated carbocycles. The topological polar surface area (TPSA) is 26.0 Å². The Balaban J connectivity index is 2.40. The van der Waals surface area contributed by atoms with Gasteiger partial charge in [0.2, 0.25) is 0 Å². The molecule has 1 aliphatic rings. The third-order valence-corrected chi connectivity index (χ3v) is 4.06. The van der Waals surface area contributed by atoms with E-state index in [-0.39, 0.29) is 11.2 Å². The van der Waals surface area contributed by atoms with E-state index in [1.54, 1.807) is 12.1 Å². The minimum Gasteiger partial charge on any atom is -0.330 e. The van der Waals surface area contributed by atoms with E-state index in [4.69, 9.17) is 5.73 Å². The van der Waals surface area contributed by atoms with Gasteiger partial charge < -0.3 is 5.73 Å². The summed E-state index contributed by atoms with van der Waals surface area (Å²) in [6.07, 6.45) is 3.26. The van der Waals surface area contributed by atoms with Crippen molar-refractivity contribution in [3.63, 3.8) is 0 Å². The second kappa shape index (κ2) is 4.17. The fourth-order valence-electron chi connectivity index (χ4n) is 2.98. The van der Waals surface area contributed by atoms with Crippen LogP contribution in [0.2, 0.25) is 0 Å². The molecule has 0 radical (unpaired) electrons. The molecule has 1 nitrogen and oxygen atoms in total. The zero-order valence-electron chi connectivity index (χ0n) is 10.1. The Hall–Kier alpha value is -0.890. The average Bonchev–Trinajstić information content (AvgIpc) is 2.24. The smallest absolute Gasteiger partial charge is 0.123 e. The first-order chi connectivity index (χ1) is 7.55. The molecule has 0 heterocycles. The second-order valence-electron chi connectivity index (χ2n) is 5.34. The van der Waals surface area contributed by atoms with Crippen molar-refractivity contribution in [3.8, 4) is 0 Å². The number of halogens is 1. The van der Waals surface area contributed by atoms with E-state index in [1.165, 1.54) is 17.5 Å². The molecule has 1 aliphatic carbocycles. The lowest BCUT2D eigenvalue weighted by molar-refractivity contribution is 0.263. The van der Waals surface area contributed by atoms with Crippen LogP contribution < -0.4 is 5.73 Å². The maximum Gasteiger partial charge on any atom is 0.123 e. The fourth-order valence-corrected chi connectivity index (χ4v) is 2.98. The number of hydrogen-bond acceptors (Lipinski definition) is 1. The van der Waals surface area contributed by atoms with E-state index < -0.39 is 0 Å². The summed E-state index contributed by atoms with van der Waals surface area (Å²) in [5.41, 5.74) is 8.19. The first kappa shape index (κ1) is 11.6. The quantitative estimate of drug-likeness (QED) is 0.816. The average molecular weight is 221 g/mol. The van der Waals surface area contributed by atoms with Gasteiger partial charge in [-0.25, -0.2) is 4.39 Å². The van der Waals surface area contributed by atoms with Crippen molar-refractivity contribution in [2.45, 2.75) is 38.5 Å². The Morgan fingerprint density at radius 3 is 2.88 bits per heavy atom. The van der Waals surface area contributed by atoms with E-state index >= 15 is 0 Å². The van der Waals surface area contributed by atoms with Gasteiger partial charge in [-0.05, 0) is 60.4 Å². The molecule has 2 N–H and O–H groups in total. The molecular formula is C14H20FN. The molecule has 0 aliphatic heterocycles. The lowest BCUT2D eigenvalue weighted by atomic mass is 9.64. The lowest BCUT2D eigenvalue weighted by Gasteiger charge is -2.40. The van der Waals surface area contributed by atoms with Gasteiger partial charge in [0.15, 0.2) is 0 Å². The predicted octanol–water partition coefficient (Wildman–Crippen LogP) is 3.01. The zero-order chi connectivity index (χ0) is 11.8. The normalized spacial score (nSPS) is 22.9. The third-order valence-electron chi connectivity index (χ3n) is 4.06. The van der Waals surface area contributed by atoms with Crippen LogP contribution in [-0.2, 0) is 11.8 Å². The summed E-state index contributed by atoms with van der Waals surface area (Å²) in [6, 6.07) is 5.21. The third kappa shape index (κ3) is 1.86. The van der Waals surface area contributed by atoms with Crippen molar-refractivity contribution in [1.82, 2.24) is 0 Å². The van der Waals surface area contributed by atoms with Crippen LogP contribution in [0.4, 0.5) is 4.39 Å². The van der Waals surface area contributed by atoms with Gasteiger partial charge in [-0.1, -0.05) is 19.9 Å². The fraction of sp³-hybridized carbons (Fsp3) is 0.571. The van der Waals surface area contributed by atoms with Gasteiger partial charge in [-0.3, -0.25) is 0 Å². The van der Waals surface area contributed by atoms with Crippen LogP contribution in [0.25, 0.3) is 0 Å². The predicted molar refractivity (Wildman–Crippen MR) is 64.9 cm³/mol. The lowest BCUT2D eigenvalue weighted by Crippen LogP contribution is -2.35. The highest BCUT2D eigenvalue weighted by Crippen LogP contribution is 2.42. The first-order valence-corrected chi connectivity index (χ1v) is 6.04. The Morgan fingerprint density at radius 1 is 1.44 bits per heavy atom. The van der Waals surface area contributed by atoms with Crippen LogP contribution >= 0.6 is 0 Å². The summed E-state index contributed by atoms with van der Waals surface area (Å²) in [6.45, 7) is 5.15. The van der Waals surface area contributed by atoms with Gasteiger partial charge in [0, 0.05) is 0 Å². The molecule has 0 bridgehead atoms. The highest BCUT2D eigenvalue weighted by atomic mass is 19.1. The summed E-state index contributed by atoms with van der Waals surface area (Å²) in [5.74, 6) is 0.451. The van der Waals surface area contributed by atoms with Gasteiger partial charge in [0.1, 0.15) is 5.82 Å². The SMILES string of the molecule is CC1(C)c2cc(F)ccc2CCC1CCN. The molecule has 0 aromatic heterocycles. The first-order valence-electron chi connectivity index (χ1n) is 6.04. The summed E-state index contributed by atoms with van der Waals surface area (Å²) >= 11 is 0. The Labute approximate surface area is 96.9 Å². The maximum absolute atomic E-state index is 13.3. The van der Waals surface area contributed by atoms with Gasteiger partial charge >= 0.3 is 0 Å². The van der Waals surface area contributed by atoms with E-state index in [1.807, 2.05) is 6.07 Å². The Morgan fingerprint density at radius 2 is 2.19 bits per heavy atom. The number of hydrogen-bond donors (Lipinski definition) is 1. The van der Waals surface area contributed by atoms with Crippen LogP contribution in [0.5, 0.6) is 0 Å². The molecule has 2 rings (SSSR count).